The van der Waals surface area contributed by atoms with Crippen molar-refractivity contribution in [2.45, 2.75) is 9.79 Å². The topological polar surface area (TPSA) is 97.4 Å². The fourth-order valence-electron chi connectivity index (χ4n) is 1.26. The van der Waals surface area contributed by atoms with E-state index in [9.17, 15) is 29.4 Å². The number of rotatable bonds is 5. The second-order valence-electron chi connectivity index (χ2n) is 3.55. The largest absolute Gasteiger partial charge is 0.351 e. The number of carbonyl (C=O) groups is 1. The predicted octanol–water partition coefficient (Wildman–Crippen LogP) is 0.663. The molecule has 0 fully saturated rings. The highest BCUT2D eigenvalue weighted by Crippen LogP contribution is 2.22. The lowest BCUT2D eigenvalue weighted by molar-refractivity contribution is 0.0955. The van der Waals surface area contributed by atoms with Crippen LogP contribution in [0.3, 0.4) is 0 Å². The van der Waals surface area contributed by atoms with Crippen molar-refractivity contribution in [3.8, 4) is 0 Å². The van der Waals surface area contributed by atoms with Crippen molar-refractivity contribution in [3.63, 3.8) is 0 Å². The lowest BCUT2D eigenvalue weighted by Gasteiger charge is -2.06. The van der Waals surface area contributed by atoms with Gasteiger partial charge in [-0.15, -0.1) is 7.77 Å². The molecule has 1 rings (SSSR count). The molecule has 20 heavy (non-hydrogen) atoms. The fraction of sp³-hybridized carbons (Fsp3) is 0.222. The summed E-state index contributed by atoms with van der Waals surface area (Å²) in [6.45, 7) is 0.103. The maximum absolute atomic E-state index is 12.9. The van der Waals surface area contributed by atoms with Gasteiger partial charge in [-0.05, 0) is 18.2 Å². The van der Waals surface area contributed by atoms with Gasteiger partial charge in [-0.2, -0.15) is 29.5 Å². The highest BCUT2D eigenvalue weighted by Gasteiger charge is 2.22. The smallest absolute Gasteiger partial charge is 0.332 e. The fourth-order valence-corrected chi connectivity index (χ4v) is 2.51. The molecule has 1 aromatic carbocycles. The second kappa shape index (κ2) is 6.06. The molecular formula is C9H9F2NO5S3. The quantitative estimate of drug-likeness (QED) is 0.604. The number of amides is 1. The van der Waals surface area contributed by atoms with Gasteiger partial charge < -0.3 is 5.32 Å². The van der Waals surface area contributed by atoms with Gasteiger partial charge >= 0.3 is 20.4 Å². The third kappa shape index (κ3) is 4.42. The summed E-state index contributed by atoms with van der Waals surface area (Å²) in [5.41, 5.74) is -0.498. The number of halogens is 2. The maximum Gasteiger partial charge on any atom is 0.332 e. The van der Waals surface area contributed by atoms with Crippen LogP contribution >= 0.6 is 12.6 Å². The third-order valence-corrected chi connectivity index (χ3v) is 3.92. The summed E-state index contributed by atoms with van der Waals surface area (Å²) < 4.78 is 68.9. The Hall–Kier alpha value is -1.20. The number of carbonyl (C=O) groups excluding carboxylic acids is 1. The molecule has 0 saturated heterocycles. The summed E-state index contributed by atoms with van der Waals surface area (Å²) >= 11 is 3.81. The van der Waals surface area contributed by atoms with Crippen LogP contribution in [0.15, 0.2) is 28.0 Å². The Morgan fingerprint density at radius 3 is 1.85 bits per heavy atom. The Balaban J connectivity index is 3.43. The highest BCUT2D eigenvalue weighted by atomic mass is 32.3. The van der Waals surface area contributed by atoms with E-state index in [1.54, 1.807) is 0 Å². The summed E-state index contributed by atoms with van der Waals surface area (Å²) in [7, 11) is -10.6. The molecule has 0 bridgehead atoms. The van der Waals surface area contributed by atoms with Gasteiger partial charge in [0.2, 0.25) is 0 Å². The SMILES string of the molecule is O=C(NCCS)c1cc(S(=O)(=O)F)cc(S(=O)(=O)F)c1. The van der Waals surface area contributed by atoms with Gasteiger partial charge in [0, 0.05) is 17.9 Å². The van der Waals surface area contributed by atoms with Gasteiger partial charge in [0.15, 0.2) is 0 Å². The molecule has 0 aromatic heterocycles. The van der Waals surface area contributed by atoms with E-state index in [2.05, 4.69) is 17.9 Å². The standard InChI is InChI=1S/C9H9F2NO5S3/c10-19(14,15)7-3-6(9(13)12-1-2-18)4-8(5-7)20(11,16)17/h3-5,18H,1-2H2,(H,12,13). The van der Waals surface area contributed by atoms with Gasteiger partial charge in [0.25, 0.3) is 5.91 Å². The van der Waals surface area contributed by atoms with Crippen molar-refractivity contribution in [3.05, 3.63) is 23.8 Å². The van der Waals surface area contributed by atoms with Crippen LogP contribution in [-0.2, 0) is 20.4 Å². The van der Waals surface area contributed by atoms with Crippen LogP contribution in [-0.4, -0.2) is 35.0 Å². The molecule has 1 N–H and O–H groups in total. The molecule has 0 aliphatic heterocycles. The van der Waals surface area contributed by atoms with Gasteiger partial charge in [0.1, 0.15) is 9.79 Å². The Morgan fingerprint density at radius 1 is 1.05 bits per heavy atom. The first-order valence-corrected chi connectivity index (χ1v) is 8.39. The van der Waals surface area contributed by atoms with Crippen LogP contribution in [0.25, 0.3) is 0 Å². The van der Waals surface area contributed by atoms with Gasteiger partial charge in [-0.3, -0.25) is 4.79 Å². The first kappa shape index (κ1) is 16.9. The molecule has 1 amide bonds. The molecule has 11 heteroatoms. The Kier molecular flexibility index (Phi) is 5.10. The molecule has 0 atom stereocenters. The Morgan fingerprint density at radius 2 is 1.50 bits per heavy atom. The molecule has 1 aromatic rings. The lowest BCUT2D eigenvalue weighted by Crippen LogP contribution is -2.25. The average molecular weight is 345 g/mol. The second-order valence-corrected chi connectivity index (χ2v) is 6.69. The summed E-state index contributed by atoms with van der Waals surface area (Å²) in [6.07, 6.45) is 0. The van der Waals surface area contributed by atoms with E-state index < -0.39 is 41.7 Å². The van der Waals surface area contributed by atoms with Crippen molar-refractivity contribution >= 4 is 39.0 Å². The number of nitrogens with one attached hydrogen (secondary N) is 1. The molecule has 0 saturated carbocycles. The molecule has 112 valence electrons. The van der Waals surface area contributed by atoms with E-state index in [1.165, 1.54) is 0 Å². The number of hydrogen-bond donors (Lipinski definition) is 2. The maximum atomic E-state index is 12.9. The normalized spacial score (nSPS) is 12.2. The summed E-state index contributed by atoms with van der Waals surface area (Å²) in [5, 5.41) is 2.26. The summed E-state index contributed by atoms with van der Waals surface area (Å²) in [4.78, 5) is 9.35. The Bertz CT molecular complexity index is 680. The molecule has 0 aliphatic carbocycles. The molecule has 0 radical (unpaired) electrons. The van der Waals surface area contributed by atoms with E-state index in [0.29, 0.717) is 18.2 Å². The van der Waals surface area contributed by atoms with E-state index in [-0.39, 0.29) is 12.3 Å². The van der Waals surface area contributed by atoms with Gasteiger partial charge in [0.05, 0.1) is 0 Å². The van der Waals surface area contributed by atoms with Crippen LogP contribution in [0.2, 0.25) is 0 Å². The number of thiol groups is 1. The van der Waals surface area contributed by atoms with Gasteiger partial charge in [-0.25, -0.2) is 0 Å². The first-order valence-electron chi connectivity index (χ1n) is 4.99. The molecule has 6 nitrogen and oxygen atoms in total. The summed E-state index contributed by atoms with van der Waals surface area (Å²) in [6, 6.07) is 1.51. The van der Waals surface area contributed by atoms with Crippen LogP contribution in [0.1, 0.15) is 10.4 Å². The van der Waals surface area contributed by atoms with E-state index in [0.717, 1.165) is 0 Å². The van der Waals surface area contributed by atoms with Crippen molar-refractivity contribution < 1.29 is 29.4 Å². The van der Waals surface area contributed by atoms with Crippen LogP contribution < -0.4 is 5.32 Å². The highest BCUT2D eigenvalue weighted by molar-refractivity contribution is 7.87. The molecule has 0 spiro atoms. The minimum absolute atomic E-state index is 0.103. The van der Waals surface area contributed by atoms with Crippen molar-refractivity contribution in [1.82, 2.24) is 5.32 Å². The molecule has 0 unspecified atom stereocenters. The van der Waals surface area contributed by atoms with E-state index >= 15 is 0 Å². The minimum atomic E-state index is -5.29. The monoisotopic (exact) mass is 345 g/mol. The average Bonchev–Trinajstić information content (AvgIpc) is 2.33. The minimum Gasteiger partial charge on any atom is -0.351 e. The molecule has 0 aliphatic rings. The number of benzene rings is 1. The van der Waals surface area contributed by atoms with Crippen molar-refractivity contribution in [2.24, 2.45) is 0 Å². The summed E-state index contributed by atoms with van der Waals surface area (Å²) in [5.74, 6) is -0.615. The number of hydrogen-bond acceptors (Lipinski definition) is 6. The van der Waals surface area contributed by atoms with E-state index in [4.69, 9.17) is 0 Å². The lowest BCUT2D eigenvalue weighted by atomic mass is 10.2. The Labute approximate surface area is 120 Å². The predicted molar refractivity (Wildman–Crippen MR) is 69.2 cm³/mol. The van der Waals surface area contributed by atoms with Crippen molar-refractivity contribution in [2.75, 3.05) is 12.3 Å². The molecule has 0 heterocycles. The van der Waals surface area contributed by atoms with E-state index in [1.807, 2.05) is 0 Å². The molecular weight excluding hydrogens is 336 g/mol. The van der Waals surface area contributed by atoms with Crippen molar-refractivity contribution in [1.29, 1.82) is 0 Å². The first-order chi connectivity index (χ1) is 9.05. The van der Waals surface area contributed by atoms with Crippen LogP contribution in [0, 0.1) is 0 Å². The zero-order valence-electron chi connectivity index (χ0n) is 9.71. The zero-order valence-corrected chi connectivity index (χ0v) is 12.2. The third-order valence-electron chi connectivity index (χ3n) is 2.10. The van der Waals surface area contributed by atoms with Gasteiger partial charge in [-0.1, -0.05) is 0 Å². The zero-order chi connectivity index (χ0) is 15.6. The van der Waals surface area contributed by atoms with Crippen LogP contribution in [0.4, 0.5) is 7.77 Å². The van der Waals surface area contributed by atoms with Crippen LogP contribution in [0.5, 0.6) is 0 Å².